The van der Waals surface area contributed by atoms with Gasteiger partial charge in [-0.25, -0.2) is 15.0 Å². The summed E-state index contributed by atoms with van der Waals surface area (Å²) in [5.41, 5.74) is 10.3. The number of benzene rings is 8. The fourth-order valence-corrected chi connectivity index (χ4v) is 8.03. The summed E-state index contributed by atoms with van der Waals surface area (Å²) in [6.07, 6.45) is 0. The van der Waals surface area contributed by atoms with E-state index in [4.69, 9.17) is 19.4 Å². The Bertz CT molecular complexity index is 3160. The van der Waals surface area contributed by atoms with Gasteiger partial charge < -0.3 is 8.98 Å². The quantitative estimate of drug-likeness (QED) is 0.180. The van der Waals surface area contributed by atoms with E-state index in [-0.39, 0.29) is 0 Å². The van der Waals surface area contributed by atoms with Crippen molar-refractivity contribution in [3.05, 3.63) is 182 Å². The molecule has 0 saturated heterocycles. The lowest BCUT2D eigenvalue weighted by Crippen LogP contribution is -2.01. The molecule has 0 aliphatic heterocycles. The Morgan fingerprint density at radius 2 is 0.926 bits per heavy atom. The second kappa shape index (κ2) is 12.1. The zero-order chi connectivity index (χ0) is 35.6. The molecular weight excluding hydrogens is 661 g/mol. The topological polar surface area (TPSA) is 56.7 Å². The molecule has 252 valence electrons. The molecule has 11 aromatic rings. The summed E-state index contributed by atoms with van der Waals surface area (Å²) in [6.45, 7) is 0. The van der Waals surface area contributed by atoms with Gasteiger partial charge >= 0.3 is 0 Å². The zero-order valence-electron chi connectivity index (χ0n) is 29.0. The van der Waals surface area contributed by atoms with Crippen molar-refractivity contribution < 1.29 is 4.42 Å². The second-order valence-electron chi connectivity index (χ2n) is 13.6. The van der Waals surface area contributed by atoms with Gasteiger partial charge in [0.2, 0.25) is 0 Å². The number of para-hydroxylation sites is 2. The average molecular weight is 691 g/mol. The molecule has 0 unspecified atom stereocenters. The molecule has 0 spiro atoms. The standard InChI is InChI=1S/C49H30N4O/c1-3-14-31(15-4-1)47-50-48(32-16-5-2-6-17-32)52-49(51-47)39-23-11-22-36-35(39)21-12-25-42(36)53-41-24-9-7-18-37(41)38-29-28-33(30-43(38)53)34-20-13-27-45-46(34)40-19-8-10-26-44(40)54-45/h1-30H. The molecule has 0 aliphatic carbocycles. The van der Waals surface area contributed by atoms with E-state index in [1.54, 1.807) is 0 Å². The molecule has 8 aromatic carbocycles. The molecule has 0 bridgehead atoms. The van der Waals surface area contributed by atoms with E-state index in [1.807, 2.05) is 72.8 Å². The zero-order valence-corrected chi connectivity index (χ0v) is 29.0. The van der Waals surface area contributed by atoms with E-state index in [2.05, 4.69) is 114 Å². The maximum Gasteiger partial charge on any atom is 0.164 e. The minimum absolute atomic E-state index is 0.635. The van der Waals surface area contributed by atoms with Gasteiger partial charge in [-0.2, -0.15) is 0 Å². The van der Waals surface area contributed by atoms with Crippen LogP contribution in [0.4, 0.5) is 0 Å². The van der Waals surface area contributed by atoms with Gasteiger partial charge in [0, 0.05) is 43.6 Å². The summed E-state index contributed by atoms with van der Waals surface area (Å²) >= 11 is 0. The van der Waals surface area contributed by atoms with Gasteiger partial charge in [0.25, 0.3) is 0 Å². The molecule has 0 fully saturated rings. The van der Waals surface area contributed by atoms with Crippen molar-refractivity contribution in [2.24, 2.45) is 0 Å². The lowest BCUT2D eigenvalue weighted by atomic mass is 9.98. The van der Waals surface area contributed by atoms with Crippen LogP contribution in [0.15, 0.2) is 186 Å². The molecule has 3 heterocycles. The Morgan fingerprint density at radius 1 is 0.352 bits per heavy atom. The molecule has 0 atom stereocenters. The molecule has 3 aromatic heterocycles. The Hall–Kier alpha value is -7.37. The van der Waals surface area contributed by atoms with Crippen LogP contribution in [-0.4, -0.2) is 19.5 Å². The molecule has 5 nitrogen and oxygen atoms in total. The molecule has 5 heteroatoms. The highest BCUT2D eigenvalue weighted by atomic mass is 16.3. The third kappa shape index (κ3) is 4.76. The van der Waals surface area contributed by atoms with Crippen molar-refractivity contribution in [1.82, 2.24) is 19.5 Å². The molecule has 0 radical (unpaired) electrons. The SMILES string of the molecule is c1ccc(-c2nc(-c3ccccc3)nc(-c3cccc4c(-n5c6ccccc6c6ccc(-c7cccc8oc9ccccc9c78)cc65)cccc34)n2)cc1. The van der Waals surface area contributed by atoms with E-state index >= 15 is 0 Å². The first-order chi connectivity index (χ1) is 26.8. The predicted molar refractivity (Wildman–Crippen MR) is 221 cm³/mol. The fraction of sp³-hybridized carbons (Fsp3) is 0. The number of fused-ring (bicyclic) bond motifs is 7. The summed E-state index contributed by atoms with van der Waals surface area (Å²) in [4.78, 5) is 15.1. The molecule has 11 rings (SSSR count). The second-order valence-corrected chi connectivity index (χ2v) is 13.6. The van der Waals surface area contributed by atoms with Gasteiger partial charge in [-0.1, -0.05) is 152 Å². The first kappa shape index (κ1) is 30.3. The van der Waals surface area contributed by atoms with E-state index in [0.717, 1.165) is 77.2 Å². The van der Waals surface area contributed by atoms with Gasteiger partial charge in [0.1, 0.15) is 11.2 Å². The van der Waals surface area contributed by atoms with Crippen LogP contribution in [0.3, 0.4) is 0 Å². The minimum atomic E-state index is 0.635. The molecule has 0 N–H and O–H groups in total. The van der Waals surface area contributed by atoms with Crippen LogP contribution < -0.4 is 0 Å². The summed E-state index contributed by atoms with van der Waals surface area (Å²) in [6, 6.07) is 63.3. The predicted octanol–water partition coefficient (Wildman–Crippen LogP) is 12.7. The molecule has 54 heavy (non-hydrogen) atoms. The first-order valence-electron chi connectivity index (χ1n) is 18.1. The third-order valence-electron chi connectivity index (χ3n) is 10.5. The average Bonchev–Trinajstić information content (AvgIpc) is 3.79. The van der Waals surface area contributed by atoms with Crippen LogP contribution in [0.1, 0.15) is 0 Å². The normalized spacial score (nSPS) is 11.7. The largest absolute Gasteiger partial charge is 0.456 e. The van der Waals surface area contributed by atoms with E-state index in [1.165, 1.54) is 10.8 Å². The number of hydrogen-bond acceptors (Lipinski definition) is 4. The van der Waals surface area contributed by atoms with Crippen LogP contribution in [0.25, 0.3) is 105 Å². The van der Waals surface area contributed by atoms with Crippen LogP contribution in [0.2, 0.25) is 0 Å². The molecule has 0 saturated carbocycles. The lowest BCUT2D eigenvalue weighted by Gasteiger charge is -2.15. The summed E-state index contributed by atoms with van der Waals surface area (Å²) < 4.78 is 8.69. The van der Waals surface area contributed by atoms with Gasteiger partial charge in [-0.05, 0) is 46.8 Å². The van der Waals surface area contributed by atoms with Gasteiger partial charge in [0.05, 0.1) is 16.7 Å². The highest BCUT2D eigenvalue weighted by Crippen LogP contribution is 2.41. The fourth-order valence-electron chi connectivity index (χ4n) is 8.03. The number of aromatic nitrogens is 4. The van der Waals surface area contributed by atoms with Crippen molar-refractivity contribution in [2.75, 3.05) is 0 Å². The Balaban J connectivity index is 1.15. The smallest absolute Gasteiger partial charge is 0.164 e. The van der Waals surface area contributed by atoms with E-state index < -0.39 is 0 Å². The lowest BCUT2D eigenvalue weighted by molar-refractivity contribution is 0.669. The van der Waals surface area contributed by atoms with Gasteiger partial charge in [-0.3, -0.25) is 0 Å². The Labute approximate surface area is 310 Å². The molecule has 0 amide bonds. The molecule has 0 aliphatic rings. The Morgan fingerprint density at radius 3 is 1.72 bits per heavy atom. The van der Waals surface area contributed by atoms with E-state index in [9.17, 15) is 0 Å². The number of rotatable bonds is 5. The van der Waals surface area contributed by atoms with Crippen molar-refractivity contribution in [1.29, 1.82) is 0 Å². The van der Waals surface area contributed by atoms with Crippen molar-refractivity contribution in [2.45, 2.75) is 0 Å². The van der Waals surface area contributed by atoms with Crippen molar-refractivity contribution >= 4 is 54.5 Å². The molecular formula is C49H30N4O. The van der Waals surface area contributed by atoms with E-state index in [0.29, 0.717) is 17.5 Å². The monoisotopic (exact) mass is 690 g/mol. The van der Waals surface area contributed by atoms with Crippen LogP contribution in [0.5, 0.6) is 0 Å². The number of hydrogen-bond donors (Lipinski definition) is 0. The summed E-state index contributed by atoms with van der Waals surface area (Å²) in [7, 11) is 0. The highest BCUT2D eigenvalue weighted by Gasteiger charge is 2.19. The third-order valence-corrected chi connectivity index (χ3v) is 10.5. The van der Waals surface area contributed by atoms with Crippen LogP contribution >= 0.6 is 0 Å². The van der Waals surface area contributed by atoms with Gasteiger partial charge in [-0.15, -0.1) is 0 Å². The number of furan rings is 1. The maximum atomic E-state index is 6.28. The summed E-state index contributed by atoms with van der Waals surface area (Å²) in [5.74, 6) is 1.92. The van der Waals surface area contributed by atoms with Crippen LogP contribution in [0, 0.1) is 0 Å². The van der Waals surface area contributed by atoms with Crippen LogP contribution in [-0.2, 0) is 0 Å². The first-order valence-corrected chi connectivity index (χ1v) is 18.1. The summed E-state index contributed by atoms with van der Waals surface area (Å²) in [5, 5.41) is 6.83. The minimum Gasteiger partial charge on any atom is -0.456 e. The van der Waals surface area contributed by atoms with Gasteiger partial charge in [0.15, 0.2) is 17.5 Å². The Kier molecular flexibility index (Phi) is 6.79. The maximum absolute atomic E-state index is 6.28. The van der Waals surface area contributed by atoms with Crippen molar-refractivity contribution in [3.8, 4) is 51.0 Å². The van der Waals surface area contributed by atoms with Crippen molar-refractivity contribution in [3.63, 3.8) is 0 Å². The highest BCUT2D eigenvalue weighted by molar-refractivity contribution is 6.15. The number of nitrogens with zero attached hydrogens (tertiary/aromatic N) is 4.